The highest BCUT2D eigenvalue weighted by Gasteiger charge is 2.14. The molecular formula is C20H30N4O3. The Morgan fingerprint density at radius 1 is 1.30 bits per heavy atom. The molecule has 0 saturated heterocycles. The average molecular weight is 374 g/mol. The molecule has 1 unspecified atom stereocenters. The van der Waals surface area contributed by atoms with Crippen LogP contribution < -0.4 is 10.1 Å². The molecule has 0 aliphatic rings. The van der Waals surface area contributed by atoms with Crippen LogP contribution >= 0.6 is 0 Å². The number of amides is 1. The molecule has 2 aromatic rings. The van der Waals surface area contributed by atoms with Gasteiger partial charge in [0.2, 0.25) is 11.8 Å². The van der Waals surface area contributed by atoms with Crippen LogP contribution in [0.25, 0.3) is 11.3 Å². The SMILES string of the molecule is CCN(CC)CCCNC(=O)C(C)COc1cc(-c2ccc(O)cc2)[nH]n1. The van der Waals surface area contributed by atoms with Crippen molar-refractivity contribution in [3.63, 3.8) is 0 Å². The van der Waals surface area contributed by atoms with Gasteiger partial charge in [0.1, 0.15) is 12.4 Å². The number of nitrogens with one attached hydrogen (secondary N) is 2. The number of hydrogen-bond donors (Lipinski definition) is 3. The minimum absolute atomic E-state index is 0.0103. The zero-order chi connectivity index (χ0) is 19.6. The third kappa shape index (κ3) is 6.60. The van der Waals surface area contributed by atoms with Crippen molar-refractivity contribution >= 4 is 5.91 Å². The number of aromatic hydroxyl groups is 1. The molecule has 0 aliphatic heterocycles. The number of ether oxygens (including phenoxy) is 1. The first kappa shape index (κ1) is 20.8. The zero-order valence-electron chi connectivity index (χ0n) is 16.4. The molecule has 0 fully saturated rings. The van der Waals surface area contributed by atoms with Gasteiger partial charge in [0.25, 0.3) is 0 Å². The molecule has 0 bridgehead atoms. The molecule has 7 heteroatoms. The smallest absolute Gasteiger partial charge is 0.233 e. The van der Waals surface area contributed by atoms with Gasteiger partial charge in [-0.05, 0) is 55.9 Å². The van der Waals surface area contributed by atoms with E-state index in [0.717, 1.165) is 37.3 Å². The van der Waals surface area contributed by atoms with Gasteiger partial charge in [-0.3, -0.25) is 9.89 Å². The monoisotopic (exact) mass is 374 g/mol. The van der Waals surface area contributed by atoms with Crippen molar-refractivity contribution in [3.8, 4) is 22.9 Å². The standard InChI is InChI=1S/C20H30N4O3/c1-4-24(5-2)12-6-11-21-20(26)15(3)14-27-19-13-18(22-23-19)16-7-9-17(25)10-8-16/h7-10,13,15,25H,4-6,11-12,14H2,1-3H3,(H,21,26)(H,22,23). The second-order valence-corrected chi connectivity index (χ2v) is 6.55. The number of nitrogens with zero attached hydrogens (tertiary/aromatic N) is 2. The topological polar surface area (TPSA) is 90.5 Å². The molecule has 1 atom stereocenters. The number of carbonyl (C=O) groups is 1. The fraction of sp³-hybridized carbons (Fsp3) is 0.500. The maximum atomic E-state index is 12.2. The number of rotatable bonds is 11. The Balaban J connectivity index is 1.72. The lowest BCUT2D eigenvalue weighted by Crippen LogP contribution is -2.34. The van der Waals surface area contributed by atoms with Crippen molar-refractivity contribution < 1.29 is 14.6 Å². The van der Waals surface area contributed by atoms with Gasteiger partial charge in [0, 0.05) is 12.6 Å². The van der Waals surface area contributed by atoms with E-state index in [2.05, 4.69) is 34.3 Å². The van der Waals surface area contributed by atoms with Crippen molar-refractivity contribution in [2.75, 3.05) is 32.8 Å². The molecule has 1 amide bonds. The van der Waals surface area contributed by atoms with Gasteiger partial charge >= 0.3 is 0 Å². The van der Waals surface area contributed by atoms with Crippen molar-refractivity contribution in [2.24, 2.45) is 5.92 Å². The first-order chi connectivity index (χ1) is 13.0. The number of carbonyl (C=O) groups excluding carboxylic acids is 1. The van der Waals surface area contributed by atoms with Gasteiger partial charge in [-0.2, -0.15) is 0 Å². The molecule has 1 aromatic heterocycles. The van der Waals surface area contributed by atoms with Crippen LogP contribution in [0.5, 0.6) is 11.6 Å². The zero-order valence-corrected chi connectivity index (χ0v) is 16.4. The molecule has 7 nitrogen and oxygen atoms in total. The first-order valence-corrected chi connectivity index (χ1v) is 9.51. The lowest BCUT2D eigenvalue weighted by Gasteiger charge is -2.18. The lowest BCUT2D eigenvalue weighted by atomic mass is 10.1. The number of aromatic nitrogens is 2. The molecule has 0 spiro atoms. The predicted molar refractivity (Wildman–Crippen MR) is 106 cm³/mol. The lowest BCUT2D eigenvalue weighted by molar-refractivity contribution is -0.125. The van der Waals surface area contributed by atoms with Crippen LogP contribution in [0.3, 0.4) is 0 Å². The minimum Gasteiger partial charge on any atom is -0.508 e. The third-order valence-electron chi connectivity index (χ3n) is 4.51. The Bertz CT molecular complexity index is 696. The Morgan fingerprint density at radius 3 is 2.67 bits per heavy atom. The second kappa shape index (κ2) is 10.6. The summed E-state index contributed by atoms with van der Waals surface area (Å²) in [5.41, 5.74) is 1.69. The number of H-pyrrole nitrogens is 1. The Morgan fingerprint density at radius 2 is 2.00 bits per heavy atom. The summed E-state index contributed by atoms with van der Waals surface area (Å²) >= 11 is 0. The molecule has 27 heavy (non-hydrogen) atoms. The maximum absolute atomic E-state index is 12.2. The van der Waals surface area contributed by atoms with Crippen LogP contribution in [0.4, 0.5) is 0 Å². The number of phenols is 1. The van der Waals surface area contributed by atoms with Gasteiger partial charge in [-0.25, -0.2) is 0 Å². The van der Waals surface area contributed by atoms with E-state index < -0.39 is 0 Å². The van der Waals surface area contributed by atoms with E-state index in [9.17, 15) is 9.90 Å². The summed E-state index contributed by atoms with van der Waals surface area (Å²) in [6, 6.07) is 8.59. The molecule has 148 valence electrons. The van der Waals surface area contributed by atoms with E-state index >= 15 is 0 Å². The largest absolute Gasteiger partial charge is 0.508 e. The third-order valence-corrected chi connectivity index (χ3v) is 4.51. The highest BCUT2D eigenvalue weighted by Crippen LogP contribution is 2.23. The van der Waals surface area contributed by atoms with E-state index in [1.54, 1.807) is 30.3 Å². The van der Waals surface area contributed by atoms with Crippen LogP contribution in [0.2, 0.25) is 0 Å². The molecule has 3 N–H and O–H groups in total. The molecule has 2 rings (SSSR count). The second-order valence-electron chi connectivity index (χ2n) is 6.55. The molecule has 1 aromatic carbocycles. The maximum Gasteiger partial charge on any atom is 0.233 e. The van der Waals surface area contributed by atoms with E-state index in [1.165, 1.54) is 0 Å². The van der Waals surface area contributed by atoms with Crippen LogP contribution in [-0.2, 0) is 4.79 Å². The van der Waals surface area contributed by atoms with Crippen LogP contribution in [0.1, 0.15) is 27.2 Å². The van der Waals surface area contributed by atoms with Gasteiger partial charge in [0.05, 0.1) is 11.6 Å². The average Bonchev–Trinajstić information content (AvgIpc) is 3.15. The Labute approximate surface area is 160 Å². The number of hydrogen-bond acceptors (Lipinski definition) is 5. The van der Waals surface area contributed by atoms with Crippen LogP contribution in [-0.4, -0.2) is 58.9 Å². The summed E-state index contributed by atoms with van der Waals surface area (Å²) in [6.07, 6.45) is 0.941. The minimum atomic E-state index is -0.257. The van der Waals surface area contributed by atoms with Crippen molar-refractivity contribution in [3.05, 3.63) is 30.3 Å². The van der Waals surface area contributed by atoms with Gasteiger partial charge in [0.15, 0.2) is 0 Å². The Hall–Kier alpha value is -2.54. The van der Waals surface area contributed by atoms with E-state index in [0.29, 0.717) is 12.4 Å². The molecule has 0 radical (unpaired) electrons. The van der Waals surface area contributed by atoms with E-state index in [1.807, 2.05) is 6.92 Å². The van der Waals surface area contributed by atoms with Crippen molar-refractivity contribution in [1.29, 1.82) is 0 Å². The predicted octanol–water partition coefficient (Wildman–Crippen LogP) is 2.65. The Kier molecular flexibility index (Phi) is 8.13. The van der Waals surface area contributed by atoms with Crippen LogP contribution in [0.15, 0.2) is 30.3 Å². The van der Waals surface area contributed by atoms with Gasteiger partial charge < -0.3 is 20.1 Å². The normalized spacial score (nSPS) is 12.1. The number of aromatic amines is 1. The van der Waals surface area contributed by atoms with Gasteiger partial charge in [-0.1, -0.05) is 20.8 Å². The highest BCUT2D eigenvalue weighted by atomic mass is 16.5. The van der Waals surface area contributed by atoms with Crippen LogP contribution in [0, 0.1) is 5.92 Å². The molecule has 1 heterocycles. The number of benzene rings is 1. The first-order valence-electron chi connectivity index (χ1n) is 9.51. The highest BCUT2D eigenvalue weighted by molar-refractivity contribution is 5.78. The van der Waals surface area contributed by atoms with E-state index in [-0.39, 0.29) is 24.2 Å². The quantitative estimate of drug-likeness (QED) is 0.526. The fourth-order valence-corrected chi connectivity index (χ4v) is 2.68. The summed E-state index contributed by atoms with van der Waals surface area (Å²) in [4.78, 5) is 14.5. The summed E-state index contributed by atoms with van der Waals surface area (Å²) in [5.74, 6) is 0.391. The summed E-state index contributed by atoms with van der Waals surface area (Å²) < 4.78 is 5.63. The summed E-state index contributed by atoms with van der Waals surface area (Å²) in [5, 5.41) is 19.3. The summed E-state index contributed by atoms with van der Waals surface area (Å²) in [6.45, 7) is 10.1. The van der Waals surface area contributed by atoms with Gasteiger partial charge in [-0.15, -0.1) is 5.10 Å². The fourth-order valence-electron chi connectivity index (χ4n) is 2.68. The van der Waals surface area contributed by atoms with Crippen molar-refractivity contribution in [2.45, 2.75) is 27.2 Å². The van der Waals surface area contributed by atoms with E-state index in [4.69, 9.17) is 4.74 Å². The number of phenolic OH excluding ortho intramolecular Hbond substituents is 1. The molecule has 0 saturated carbocycles. The molecular weight excluding hydrogens is 344 g/mol. The summed E-state index contributed by atoms with van der Waals surface area (Å²) in [7, 11) is 0. The van der Waals surface area contributed by atoms with Crippen molar-refractivity contribution in [1.82, 2.24) is 20.4 Å². The molecule has 0 aliphatic carbocycles.